The number of Topliss-reactive ketones (excluding diaryl/α,β-unsaturated/α-hetero) is 2. The molecule has 3 amide bonds. The summed E-state index contributed by atoms with van der Waals surface area (Å²) in [6, 6.07) is 27.9. The van der Waals surface area contributed by atoms with Crippen molar-refractivity contribution in [3.63, 3.8) is 0 Å². The predicted molar refractivity (Wildman–Crippen MR) is 213 cm³/mol. The first-order valence-electron chi connectivity index (χ1n) is 19.6. The third-order valence-electron chi connectivity index (χ3n) is 10.3. The van der Waals surface area contributed by atoms with Crippen LogP contribution in [-0.4, -0.2) is 58.6 Å². The van der Waals surface area contributed by atoms with E-state index in [1.807, 2.05) is 48.5 Å². The molecule has 57 heavy (non-hydrogen) atoms. The number of amides is 3. The van der Waals surface area contributed by atoms with E-state index < -0.39 is 53.6 Å². The molecular formula is C46H50FN3O7. The fourth-order valence-corrected chi connectivity index (χ4v) is 7.46. The van der Waals surface area contributed by atoms with Gasteiger partial charge in [-0.05, 0) is 99.0 Å². The van der Waals surface area contributed by atoms with Gasteiger partial charge in [0, 0.05) is 32.2 Å². The Balaban J connectivity index is 1.34. The van der Waals surface area contributed by atoms with Gasteiger partial charge < -0.3 is 25.0 Å². The van der Waals surface area contributed by atoms with E-state index in [1.165, 1.54) is 6.07 Å². The van der Waals surface area contributed by atoms with Crippen LogP contribution in [0.5, 0.6) is 11.5 Å². The SMILES string of the molecule is CC(C)(C)OC(=O)N[C@H]1Cc2cccc(c2)Oc2ccc(cc2)C[C@@H](C(=O)CCc2ccccc2F)NC(=O)[C@H](CC(=O)N2CCC[C@@H]2c2ccccc2)CC1=O. The molecular weight excluding hydrogens is 726 g/mol. The molecule has 0 aromatic heterocycles. The maximum atomic E-state index is 14.5. The largest absolute Gasteiger partial charge is 0.457 e. The molecule has 4 bridgehead atoms. The van der Waals surface area contributed by atoms with Crippen molar-refractivity contribution in [3.8, 4) is 11.5 Å². The van der Waals surface area contributed by atoms with Crippen molar-refractivity contribution < 1.29 is 37.8 Å². The monoisotopic (exact) mass is 775 g/mol. The molecule has 0 aliphatic carbocycles. The number of ether oxygens (including phenoxy) is 2. The smallest absolute Gasteiger partial charge is 0.408 e. The molecule has 4 aromatic carbocycles. The number of carbonyl (C=O) groups is 5. The van der Waals surface area contributed by atoms with Crippen molar-refractivity contribution in [2.24, 2.45) is 5.92 Å². The van der Waals surface area contributed by atoms with E-state index in [2.05, 4.69) is 10.6 Å². The molecule has 11 heteroatoms. The van der Waals surface area contributed by atoms with Gasteiger partial charge in [-0.2, -0.15) is 0 Å². The van der Waals surface area contributed by atoms with Crippen LogP contribution in [0.1, 0.15) is 81.2 Å². The number of halogens is 1. The molecule has 0 saturated carbocycles. The Morgan fingerprint density at radius 2 is 1.60 bits per heavy atom. The minimum Gasteiger partial charge on any atom is -0.457 e. The summed E-state index contributed by atoms with van der Waals surface area (Å²) in [4.78, 5) is 71.9. The molecule has 7 rings (SSSR count). The molecule has 10 nitrogen and oxygen atoms in total. The zero-order valence-corrected chi connectivity index (χ0v) is 32.7. The fraction of sp³-hybridized carbons (Fsp3) is 0.370. The Morgan fingerprint density at radius 1 is 0.860 bits per heavy atom. The fourth-order valence-electron chi connectivity index (χ4n) is 7.46. The molecule has 0 unspecified atom stereocenters. The Kier molecular flexibility index (Phi) is 13.2. The highest BCUT2D eigenvalue weighted by Crippen LogP contribution is 2.33. The van der Waals surface area contributed by atoms with Crippen molar-refractivity contribution in [1.82, 2.24) is 15.5 Å². The molecule has 1 saturated heterocycles. The Bertz CT molecular complexity index is 2060. The number of nitrogens with one attached hydrogen (secondary N) is 2. The number of ketones is 2. The lowest BCUT2D eigenvalue weighted by atomic mass is 9.90. The molecule has 0 radical (unpaired) electrons. The van der Waals surface area contributed by atoms with Crippen LogP contribution in [0, 0.1) is 11.7 Å². The second-order valence-electron chi connectivity index (χ2n) is 15.8. The average Bonchev–Trinajstić information content (AvgIpc) is 3.67. The van der Waals surface area contributed by atoms with Crippen molar-refractivity contribution in [2.75, 3.05) is 6.54 Å². The van der Waals surface area contributed by atoms with Gasteiger partial charge in [-0.3, -0.25) is 19.2 Å². The van der Waals surface area contributed by atoms with E-state index in [0.29, 0.717) is 29.2 Å². The molecule has 2 N–H and O–H groups in total. The number of likely N-dealkylation sites (tertiary alicyclic amines) is 1. The number of alkyl carbamates (subject to hydrolysis) is 1. The summed E-state index contributed by atoms with van der Waals surface area (Å²) in [7, 11) is 0. The van der Waals surface area contributed by atoms with Crippen molar-refractivity contribution >= 4 is 29.5 Å². The summed E-state index contributed by atoms with van der Waals surface area (Å²) < 4.78 is 26.2. The highest BCUT2D eigenvalue weighted by molar-refractivity contribution is 5.96. The molecule has 4 atom stereocenters. The average molecular weight is 776 g/mol. The van der Waals surface area contributed by atoms with Gasteiger partial charge in [0.2, 0.25) is 11.8 Å². The topological polar surface area (TPSA) is 131 Å². The minimum absolute atomic E-state index is 0.0515. The molecule has 3 aliphatic rings. The van der Waals surface area contributed by atoms with Gasteiger partial charge in [0.1, 0.15) is 22.9 Å². The standard InChI is InChI=1S/C46H50FN3O7/c1-46(2,3)57-45(55)49-39-27-31-11-9-15-36(25-31)56-35-21-18-30(19-22-35)26-38(41(51)23-20-32-12-7-8-16-37(32)47)48-44(54)34(28-42(39)52)29-43(53)50-24-10-17-40(50)33-13-5-4-6-14-33/h4-9,11-16,18-19,21-22,25,34,38-40H,10,17,20,23-24,26-29H2,1-3H3,(H,48,54)(H,49,55)/t34-,38-,39-,40+/m0/s1. The maximum absolute atomic E-state index is 14.5. The van der Waals surface area contributed by atoms with E-state index >= 15 is 0 Å². The van der Waals surface area contributed by atoms with E-state index in [1.54, 1.807) is 74.2 Å². The van der Waals surface area contributed by atoms with Crippen LogP contribution >= 0.6 is 0 Å². The maximum Gasteiger partial charge on any atom is 0.408 e. The van der Waals surface area contributed by atoms with Gasteiger partial charge in [-0.15, -0.1) is 0 Å². The first-order chi connectivity index (χ1) is 27.3. The van der Waals surface area contributed by atoms with Crippen LogP contribution in [-0.2, 0) is 43.2 Å². The predicted octanol–water partition coefficient (Wildman–Crippen LogP) is 7.63. The molecule has 0 spiro atoms. The number of fused-ring (bicyclic) bond motifs is 10. The van der Waals surface area contributed by atoms with E-state index in [-0.39, 0.29) is 49.8 Å². The molecule has 3 heterocycles. The number of benzene rings is 4. The summed E-state index contributed by atoms with van der Waals surface area (Å²) in [5.41, 5.74) is 1.93. The third-order valence-corrected chi connectivity index (χ3v) is 10.3. The number of nitrogens with zero attached hydrogens (tertiary/aromatic N) is 1. The normalized spacial score (nSPS) is 20.2. The lowest BCUT2D eigenvalue weighted by Crippen LogP contribution is -2.49. The van der Waals surface area contributed by atoms with Crippen LogP contribution in [0.2, 0.25) is 0 Å². The van der Waals surface area contributed by atoms with Crippen LogP contribution in [0.25, 0.3) is 0 Å². The minimum atomic E-state index is -1.18. The van der Waals surface area contributed by atoms with Gasteiger partial charge in [-0.1, -0.05) is 72.8 Å². The number of carbonyl (C=O) groups excluding carboxylic acids is 5. The summed E-state index contributed by atoms with van der Waals surface area (Å²) in [5.74, 6) is -2.32. The quantitative estimate of drug-likeness (QED) is 0.188. The Morgan fingerprint density at radius 3 is 2.33 bits per heavy atom. The number of hydrogen-bond donors (Lipinski definition) is 2. The molecule has 1 fully saturated rings. The summed E-state index contributed by atoms with van der Waals surface area (Å²) >= 11 is 0. The van der Waals surface area contributed by atoms with Crippen LogP contribution < -0.4 is 15.4 Å². The molecule has 4 aromatic rings. The van der Waals surface area contributed by atoms with Gasteiger partial charge >= 0.3 is 6.09 Å². The van der Waals surface area contributed by atoms with Gasteiger partial charge in [0.15, 0.2) is 11.6 Å². The highest BCUT2D eigenvalue weighted by atomic mass is 19.1. The zero-order valence-electron chi connectivity index (χ0n) is 32.7. The first kappa shape index (κ1) is 40.8. The lowest BCUT2D eigenvalue weighted by molar-refractivity contribution is -0.139. The summed E-state index contributed by atoms with van der Waals surface area (Å²) in [6.07, 6.45) is 0.261. The summed E-state index contributed by atoms with van der Waals surface area (Å²) in [5, 5.41) is 5.62. The van der Waals surface area contributed by atoms with Crippen molar-refractivity contribution in [1.29, 1.82) is 0 Å². The second kappa shape index (κ2) is 18.4. The zero-order chi connectivity index (χ0) is 40.5. The van der Waals surface area contributed by atoms with E-state index in [4.69, 9.17) is 9.47 Å². The Hall–Kier alpha value is -5.84. The number of rotatable bonds is 8. The van der Waals surface area contributed by atoms with Crippen LogP contribution in [0.15, 0.2) is 103 Å². The number of aryl methyl sites for hydroxylation is 1. The molecule has 298 valence electrons. The van der Waals surface area contributed by atoms with Crippen LogP contribution in [0.3, 0.4) is 0 Å². The summed E-state index contributed by atoms with van der Waals surface area (Å²) in [6.45, 7) is 5.63. The van der Waals surface area contributed by atoms with Gasteiger partial charge in [-0.25, -0.2) is 9.18 Å². The highest BCUT2D eigenvalue weighted by Gasteiger charge is 2.36. The van der Waals surface area contributed by atoms with E-state index in [9.17, 15) is 28.4 Å². The van der Waals surface area contributed by atoms with E-state index in [0.717, 1.165) is 24.0 Å². The Labute approximate surface area is 333 Å². The van der Waals surface area contributed by atoms with Gasteiger partial charge in [0.05, 0.1) is 24.0 Å². The number of hydrogen-bond acceptors (Lipinski definition) is 7. The lowest BCUT2D eigenvalue weighted by Gasteiger charge is -2.28. The molecule has 3 aliphatic heterocycles. The third kappa shape index (κ3) is 11.4. The van der Waals surface area contributed by atoms with Gasteiger partial charge in [0.25, 0.3) is 0 Å². The van der Waals surface area contributed by atoms with Crippen LogP contribution in [0.4, 0.5) is 9.18 Å². The van der Waals surface area contributed by atoms with Crippen molar-refractivity contribution in [2.45, 2.75) is 95.9 Å². The first-order valence-corrected chi connectivity index (χ1v) is 19.6. The second-order valence-corrected chi connectivity index (χ2v) is 15.8. The van der Waals surface area contributed by atoms with Crippen molar-refractivity contribution in [3.05, 3.63) is 131 Å².